The summed E-state index contributed by atoms with van der Waals surface area (Å²) in [7, 11) is 0. The molecule has 1 N–H and O–H groups in total. The number of hydrogen-bond donors (Lipinski definition) is 1. The Hall–Kier alpha value is -2.57. The van der Waals surface area contributed by atoms with E-state index in [4.69, 9.17) is 16.3 Å². The van der Waals surface area contributed by atoms with Crippen molar-refractivity contribution < 1.29 is 14.3 Å². The van der Waals surface area contributed by atoms with E-state index in [0.29, 0.717) is 54.8 Å². The largest absolute Gasteiger partial charge is 0.492 e. The molecule has 2 amide bonds. The van der Waals surface area contributed by atoms with Gasteiger partial charge in [0.1, 0.15) is 5.75 Å². The maximum atomic E-state index is 12.7. The molecule has 29 heavy (non-hydrogen) atoms. The second kappa shape index (κ2) is 9.76. The first-order chi connectivity index (χ1) is 14.0. The summed E-state index contributed by atoms with van der Waals surface area (Å²) >= 11 is 5.99. The second-order valence-electron chi connectivity index (χ2n) is 6.93. The average Bonchev–Trinajstić information content (AvgIpc) is 2.74. The first-order valence-electron chi connectivity index (χ1n) is 9.81. The maximum Gasteiger partial charge on any atom is 0.253 e. The van der Waals surface area contributed by atoms with E-state index in [9.17, 15) is 9.59 Å². The first kappa shape index (κ1) is 21.1. The minimum Gasteiger partial charge on any atom is -0.492 e. The van der Waals surface area contributed by atoms with Crippen molar-refractivity contribution in [1.29, 1.82) is 0 Å². The minimum absolute atomic E-state index is 0.0325. The molecule has 1 fully saturated rings. The van der Waals surface area contributed by atoms with Crippen LogP contribution in [0.1, 0.15) is 24.2 Å². The zero-order chi connectivity index (χ0) is 20.8. The molecule has 2 aromatic carbocycles. The third-order valence-electron chi connectivity index (χ3n) is 5.04. The molecule has 0 bridgehead atoms. The molecule has 7 heteroatoms. The number of carbonyl (C=O) groups excluding carboxylic acids is 2. The van der Waals surface area contributed by atoms with Crippen LogP contribution < -0.4 is 10.1 Å². The van der Waals surface area contributed by atoms with Crippen molar-refractivity contribution in [3.05, 3.63) is 59.1 Å². The van der Waals surface area contributed by atoms with Gasteiger partial charge in [-0.25, -0.2) is 0 Å². The lowest BCUT2D eigenvalue weighted by Gasteiger charge is -2.37. The molecule has 1 aliphatic heterocycles. The van der Waals surface area contributed by atoms with Gasteiger partial charge in [0, 0.05) is 36.8 Å². The fourth-order valence-electron chi connectivity index (χ4n) is 3.37. The van der Waals surface area contributed by atoms with E-state index in [0.717, 1.165) is 0 Å². The Bertz CT molecular complexity index is 866. The Morgan fingerprint density at radius 1 is 1.10 bits per heavy atom. The third-order valence-corrected chi connectivity index (χ3v) is 5.28. The van der Waals surface area contributed by atoms with Crippen LogP contribution in [0.5, 0.6) is 5.75 Å². The van der Waals surface area contributed by atoms with Gasteiger partial charge in [-0.15, -0.1) is 0 Å². The highest BCUT2D eigenvalue weighted by Crippen LogP contribution is 2.24. The van der Waals surface area contributed by atoms with Crippen LogP contribution >= 0.6 is 11.6 Å². The van der Waals surface area contributed by atoms with Crippen molar-refractivity contribution in [2.75, 3.05) is 38.1 Å². The zero-order valence-electron chi connectivity index (χ0n) is 16.7. The van der Waals surface area contributed by atoms with Gasteiger partial charge in [-0.1, -0.05) is 29.8 Å². The number of nitrogens with one attached hydrogen (secondary N) is 1. The van der Waals surface area contributed by atoms with Gasteiger partial charge in [-0.3, -0.25) is 14.5 Å². The van der Waals surface area contributed by atoms with E-state index >= 15 is 0 Å². The van der Waals surface area contributed by atoms with E-state index in [1.54, 1.807) is 29.2 Å². The molecule has 0 radical (unpaired) electrons. The number of carbonyl (C=O) groups is 2. The summed E-state index contributed by atoms with van der Waals surface area (Å²) < 4.78 is 5.57. The van der Waals surface area contributed by atoms with Gasteiger partial charge in [0.15, 0.2) is 0 Å². The number of rotatable bonds is 6. The summed E-state index contributed by atoms with van der Waals surface area (Å²) in [5.74, 6) is 0.536. The lowest BCUT2D eigenvalue weighted by Crippen LogP contribution is -2.54. The Labute approximate surface area is 176 Å². The second-order valence-corrected chi connectivity index (χ2v) is 7.37. The summed E-state index contributed by atoms with van der Waals surface area (Å²) in [6.45, 7) is 6.72. The quantitative estimate of drug-likeness (QED) is 0.784. The number of amides is 2. The van der Waals surface area contributed by atoms with Crippen LogP contribution in [-0.2, 0) is 4.79 Å². The lowest BCUT2D eigenvalue weighted by atomic mass is 10.1. The fraction of sp³-hybridized carbons (Fsp3) is 0.364. The summed E-state index contributed by atoms with van der Waals surface area (Å²) in [5.41, 5.74) is 1.25. The molecule has 0 spiro atoms. The molecule has 1 atom stereocenters. The average molecular weight is 416 g/mol. The van der Waals surface area contributed by atoms with Crippen LogP contribution in [0.3, 0.4) is 0 Å². The van der Waals surface area contributed by atoms with Crippen LogP contribution in [-0.4, -0.2) is 60.4 Å². The normalized spacial score (nSPS) is 15.6. The number of ether oxygens (including phenoxy) is 1. The van der Waals surface area contributed by atoms with E-state index < -0.39 is 0 Å². The fourth-order valence-corrected chi connectivity index (χ4v) is 3.56. The summed E-state index contributed by atoms with van der Waals surface area (Å²) in [4.78, 5) is 29.3. The topological polar surface area (TPSA) is 61.9 Å². The Kier molecular flexibility index (Phi) is 7.12. The van der Waals surface area contributed by atoms with Gasteiger partial charge in [0.05, 0.1) is 18.3 Å². The Morgan fingerprint density at radius 2 is 1.83 bits per heavy atom. The van der Waals surface area contributed by atoms with Crippen molar-refractivity contribution in [3.63, 3.8) is 0 Å². The molecule has 6 nitrogen and oxygen atoms in total. The smallest absolute Gasteiger partial charge is 0.253 e. The van der Waals surface area contributed by atoms with Crippen LogP contribution in [0.25, 0.3) is 0 Å². The van der Waals surface area contributed by atoms with Crippen LogP contribution in [0.2, 0.25) is 5.02 Å². The molecule has 0 saturated carbocycles. The van der Waals surface area contributed by atoms with Crippen LogP contribution in [0, 0.1) is 0 Å². The highest BCUT2D eigenvalue weighted by Gasteiger charge is 2.28. The van der Waals surface area contributed by atoms with Crippen molar-refractivity contribution in [2.24, 2.45) is 0 Å². The summed E-state index contributed by atoms with van der Waals surface area (Å²) in [6, 6.07) is 14.1. The number of para-hydroxylation sites is 2. The van der Waals surface area contributed by atoms with Gasteiger partial charge in [0.2, 0.25) is 5.91 Å². The van der Waals surface area contributed by atoms with Crippen molar-refractivity contribution in [3.8, 4) is 5.75 Å². The summed E-state index contributed by atoms with van der Waals surface area (Å²) in [6.07, 6.45) is 0. The number of hydrogen-bond acceptors (Lipinski definition) is 4. The van der Waals surface area contributed by atoms with Crippen molar-refractivity contribution in [2.45, 2.75) is 19.9 Å². The summed E-state index contributed by atoms with van der Waals surface area (Å²) in [5, 5.41) is 3.51. The number of halogens is 1. The Morgan fingerprint density at radius 3 is 2.52 bits per heavy atom. The molecule has 1 aliphatic rings. The monoisotopic (exact) mass is 415 g/mol. The molecular weight excluding hydrogens is 390 g/mol. The minimum atomic E-state index is -0.312. The molecule has 154 valence electrons. The van der Waals surface area contributed by atoms with Crippen molar-refractivity contribution >= 4 is 29.1 Å². The molecule has 0 aromatic heterocycles. The van der Waals surface area contributed by atoms with E-state index in [2.05, 4.69) is 10.2 Å². The zero-order valence-corrected chi connectivity index (χ0v) is 17.5. The predicted octanol–water partition coefficient (Wildman–Crippen LogP) is 3.52. The SMILES string of the molecule is CCOc1ccccc1NC(=O)C(C)N1CCN(C(=O)c2cccc(Cl)c2)CC1. The molecule has 1 heterocycles. The predicted molar refractivity (Wildman–Crippen MR) is 115 cm³/mol. The van der Waals surface area contributed by atoms with Gasteiger partial charge < -0.3 is 15.0 Å². The first-order valence-corrected chi connectivity index (χ1v) is 10.2. The molecule has 2 aromatic rings. The van der Waals surface area contributed by atoms with E-state index in [-0.39, 0.29) is 17.9 Å². The number of piperazine rings is 1. The van der Waals surface area contributed by atoms with E-state index in [1.807, 2.05) is 38.1 Å². The molecular formula is C22H26ClN3O3. The van der Waals surface area contributed by atoms with E-state index in [1.165, 1.54) is 0 Å². The van der Waals surface area contributed by atoms with Crippen LogP contribution in [0.15, 0.2) is 48.5 Å². The van der Waals surface area contributed by atoms with Gasteiger partial charge in [-0.05, 0) is 44.2 Å². The number of benzene rings is 2. The lowest BCUT2D eigenvalue weighted by molar-refractivity contribution is -0.121. The Balaban J connectivity index is 1.56. The standard InChI is InChI=1S/C22H26ClN3O3/c1-3-29-20-10-5-4-9-19(20)24-21(27)16(2)25-11-13-26(14-12-25)22(28)17-7-6-8-18(23)15-17/h4-10,15-16H,3,11-14H2,1-2H3,(H,24,27). The highest BCUT2D eigenvalue weighted by molar-refractivity contribution is 6.30. The molecule has 1 saturated heterocycles. The van der Waals surface area contributed by atoms with Crippen molar-refractivity contribution in [1.82, 2.24) is 9.80 Å². The van der Waals surface area contributed by atoms with Gasteiger partial charge in [0.25, 0.3) is 5.91 Å². The van der Waals surface area contributed by atoms with Gasteiger partial charge in [-0.2, -0.15) is 0 Å². The molecule has 3 rings (SSSR count). The molecule has 1 unspecified atom stereocenters. The van der Waals surface area contributed by atoms with Gasteiger partial charge >= 0.3 is 0 Å². The number of nitrogens with zero attached hydrogens (tertiary/aromatic N) is 2. The highest BCUT2D eigenvalue weighted by atomic mass is 35.5. The maximum absolute atomic E-state index is 12.7. The number of anilines is 1. The third kappa shape index (κ3) is 5.28. The van der Waals surface area contributed by atoms with Crippen LogP contribution in [0.4, 0.5) is 5.69 Å². The molecule has 0 aliphatic carbocycles.